The number of unbranched alkanes of at least 4 members (excludes halogenated alkanes) is 34. The summed E-state index contributed by atoms with van der Waals surface area (Å²) in [5.74, 6) is -0.329. The zero-order valence-electron chi connectivity index (χ0n) is 47.0. The van der Waals surface area contributed by atoms with Crippen molar-refractivity contribution in [1.29, 1.82) is 0 Å². The van der Waals surface area contributed by atoms with Gasteiger partial charge in [-0.25, -0.2) is 0 Å². The van der Waals surface area contributed by atoms with Crippen molar-refractivity contribution < 1.29 is 37.3 Å². The number of phosphoric ester groups is 1. The third-order valence-electron chi connectivity index (χ3n) is 13.1. The highest BCUT2D eigenvalue weighted by Gasteiger charge is 2.20. The van der Waals surface area contributed by atoms with Crippen LogP contribution in [0.5, 0.6) is 0 Å². The van der Waals surface area contributed by atoms with Crippen LogP contribution in [0, 0.1) is 0 Å². The van der Waals surface area contributed by atoms with Crippen LogP contribution in [0.2, 0.25) is 0 Å². The number of quaternary nitrogens is 1. The maximum Gasteiger partial charge on any atom is 0.306 e. The van der Waals surface area contributed by atoms with Crippen molar-refractivity contribution >= 4 is 13.8 Å². The summed E-state index contributed by atoms with van der Waals surface area (Å²) in [4.78, 5) is 25.3. The van der Waals surface area contributed by atoms with Gasteiger partial charge in [0.1, 0.15) is 19.3 Å². The van der Waals surface area contributed by atoms with Crippen molar-refractivity contribution in [2.75, 3.05) is 54.1 Å². The molecule has 8 nitrogen and oxygen atoms in total. The molecule has 0 N–H and O–H groups in total. The Balaban J connectivity index is 4.03. The molecule has 0 aromatic heterocycles. The average molecular weight is 1010 g/mol. The molecule has 9 heteroatoms. The smallest absolute Gasteiger partial charge is 0.306 e. The molecule has 0 aliphatic carbocycles. The molecule has 0 rings (SSSR count). The Morgan fingerprint density at radius 1 is 0.457 bits per heavy atom. The fourth-order valence-electron chi connectivity index (χ4n) is 8.60. The molecule has 0 aliphatic heterocycles. The van der Waals surface area contributed by atoms with E-state index in [1.807, 2.05) is 21.1 Å². The standard InChI is InChI=1S/C61H116NO7P/c1-6-8-10-12-14-16-18-20-22-24-26-28-30-32-34-36-38-40-42-44-46-48-50-52-54-61(63)69-60(59-68-70(64,65)67-57-55-62(3,4)5)58-66-56-53-51-49-47-45-43-41-39-37-35-33-31-29-27-25-23-21-19-17-15-13-11-9-7-2/h9,11,15,17,21,23,27,29,60H,6-8,10,12-14,16,18-20,22,24-26,28,30-59H2,1-5H3/b11-9-,17-15-,23-21-,29-27-. The maximum atomic E-state index is 12.8. The average Bonchev–Trinajstić information content (AvgIpc) is 3.32. The molecule has 2 unspecified atom stereocenters. The van der Waals surface area contributed by atoms with E-state index in [2.05, 4.69) is 62.5 Å². The summed E-state index contributed by atoms with van der Waals surface area (Å²) in [5, 5.41) is 0. The first-order valence-corrected chi connectivity index (χ1v) is 31.3. The summed E-state index contributed by atoms with van der Waals surface area (Å²) >= 11 is 0. The largest absolute Gasteiger partial charge is 0.756 e. The molecule has 0 saturated heterocycles. The van der Waals surface area contributed by atoms with Gasteiger partial charge in [0.05, 0.1) is 34.4 Å². The fraction of sp³-hybridized carbons (Fsp3) is 0.852. The van der Waals surface area contributed by atoms with Gasteiger partial charge in [-0.05, 0) is 51.4 Å². The minimum Gasteiger partial charge on any atom is -0.756 e. The lowest BCUT2D eigenvalue weighted by atomic mass is 10.0. The van der Waals surface area contributed by atoms with Crippen molar-refractivity contribution in [3.8, 4) is 0 Å². The molecule has 0 spiro atoms. The van der Waals surface area contributed by atoms with E-state index in [9.17, 15) is 14.3 Å². The third kappa shape index (κ3) is 57.4. The van der Waals surface area contributed by atoms with Crippen molar-refractivity contribution in [2.24, 2.45) is 0 Å². The van der Waals surface area contributed by atoms with E-state index in [1.54, 1.807) is 0 Å². The minimum absolute atomic E-state index is 0.0263. The number of ether oxygens (including phenoxy) is 2. The molecule has 70 heavy (non-hydrogen) atoms. The number of hydrogen-bond acceptors (Lipinski definition) is 7. The van der Waals surface area contributed by atoms with Gasteiger partial charge in [0.2, 0.25) is 0 Å². The zero-order chi connectivity index (χ0) is 51.2. The molecular formula is C61H116NO7P. The van der Waals surface area contributed by atoms with Gasteiger partial charge in [0.25, 0.3) is 7.82 Å². The van der Waals surface area contributed by atoms with Crippen molar-refractivity contribution in [3.05, 3.63) is 48.6 Å². The maximum absolute atomic E-state index is 12.8. The Morgan fingerprint density at radius 3 is 1.24 bits per heavy atom. The van der Waals surface area contributed by atoms with E-state index >= 15 is 0 Å². The van der Waals surface area contributed by atoms with E-state index in [1.165, 1.54) is 199 Å². The van der Waals surface area contributed by atoms with Gasteiger partial charge in [-0.1, -0.05) is 268 Å². The van der Waals surface area contributed by atoms with E-state index in [-0.39, 0.29) is 25.8 Å². The minimum atomic E-state index is -4.54. The van der Waals surface area contributed by atoms with Gasteiger partial charge in [-0.3, -0.25) is 9.36 Å². The Kier molecular flexibility index (Phi) is 52.6. The van der Waals surface area contributed by atoms with E-state index in [0.717, 1.165) is 57.8 Å². The number of hydrogen-bond donors (Lipinski definition) is 0. The number of rotatable bonds is 56. The number of esters is 1. The van der Waals surface area contributed by atoms with Crippen LogP contribution in [0.3, 0.4) is 0 Å². The van der Waals surface area contributed by atoms with Gasteiger partial charge in [-0.2, -0.15) is 0 Å². The SMILES string of the molecule is CC/C=C\C/C=C\C/C=C\C/C=C\CCCCCCCCCCCCCOCC(COP(=O)([O-])OCC[N+](C)(C)C)OC(=O)CCCCCCCCCCCCCCCCCCCCCCCCCC. The Hall–Kier alpha value is -1.54. The second-order valence-electron chi connectivity index (χ2n) is 21.3. The summed E-state index contributed by atoms with van der Waals surface area (Å²) in [6.07, 6.45) is 68.7. The third-order valence-corrected chi connectivity index (χ3v) is 14.1. The number of carbonyl (C=O) groups excluding carboxylic acids is 1. The Labute approximate surface area is 435 Å². The quantitative estimate of drug-likeness (QED) is 0.0197. The van der Waals surface area contributed by atoms with Crippen LogP contribution in [0.1, 0.15) is 277 Å². The lowest BCUT2D eigenvalue weighted by Gasteiger charge is -2.28. The zero-order valence-corrected chi connectivity index (χ0v) is 47.9. The number of phosphoric acid groups is 1. The molecule has 0 aliphatic rings. The van der Waals surface area contributed by atoms with Crippen LogP contribution in [0.15, 0.2) is 48.6 Å². The molecule has 0 aromatic rings. The van der Waals surface area contributed by atoms with Crippen LogP contribution in [0.4, 0.5) is 0 Å². The molecule has 0 fully saturated rings. The predicted molar refractivity (Wildman–Crippen MR) is 300 cm³/mol. The van der Waals surface area contributed by atoms with Crippen molar-refractivity contribution in [2.45, 2.75) is 283 Å². The molecule has 0 radical (unpaired) electrons. The Bertz CT molecular complexity index is 1260. The van der Waals surface area contributed by atoms with Crippen LogP contribution in [-0.4, -0.2) is 70.7 Å². The van der Waals surface area contributed by atoms with Crippen LogP contribution in [-0.2, 0) is 27.9 Å². The van der Waals surface area contributed by atoms with Crippen LogP contribution < -0.4 is 4.89 Å². The van der Waals surface area contributed by atoms with Crippen molar-refractivity contribution in [1.82, 2.24) is 0 Å². The van der Waals surface area contributed by atoms with Gasteiger partial charge in [0, 0.05) is 13.0 Å². The molecular weight excluding hydrogens is 890 g/mol. The lowest BCUT2D eigenvalue weighted by Crippen LogP contribution is -2.37. The first kappa shape index (κ1) is 68.5. The highest BCUT2D eigenvalue weighted by Crippen LogP contribution is 2.38. The molecule has 0 heterocycles. The number of likely N-dealkylation sites (N-methyl/N-ethyl adjacent to an activating group) is 1. The fourth-order valence-corrected chi connectivity index (χ4v) is 9.33. The van der Waals surface area contributed by atoms with Gasteiger partial charge in [-0.15, -0.1) is 0 Å². The van der Waals surface area contributed by atoms with Crippen LogP contribution in [0.25, 0.3) is 0 Å². The summed E-state index contributed by atoms with van der Waals surface area (Å²) in [5.41, 5.74) is 0. The molecule has 2 atom stereocenters. The first-order valence-electron chi connectivity index (χ1n) is 29.9. The monoisotopic (exact) mass is 1010 g/mol. The molecule has 0 amide bonds. The second kappa shape index (κ2) is 53.7. The van der Waals surface area contributed by atoms with Gasteiger partial charge >= 0.3 is 5.97 Å². The number of nitrogens with zero attached hydrogens (tertiary/aromatic N) is 1. The van der Waals surface area contributed by atoms with Crippen LogP contribution >= 0.6 is 7.82 Å². The van der Waals surface area contributed by atoms with E-state index in [0.29, 0.717) is 24.1 Å². The molecule has 412 valence electrons. The van der Waals surface area contributed by atoms with E-state index < -0.39 is 13.9 Å². The first-order chi connectivity index (χ1) is 34.1. The highest BCUT2D eigenvalue weighted by molar-refractivity contribution is 7.45. The number of carbonyl (C=O) groups is 1. The van der Waals surface area contributed by atoms with Gasteiger partial charge < -0.3 is 27.9 Å². The molecule has 0 saturated carbocycles. The highest BCUT2D eigenvalue weighted by atomic mass is 31.2. The van der Waals surface area contributed by atoms with E-state index in [4.69, 9.17) is 18.5 Å². The van der Waals surface area contributed by atoms with Crippen molar-refractivity contribution in [3.63, 3.8) is 0 Å². The normalized spacial score (nSPS) is 13.7. The van der Waals surface area contributed by atoms with Gasteiger partial charge in [0.15, 0.2) is 0 Å². The summed E-state index contributed by atoms with van der Waals surface area (Å²) in [7, 11) is 1.36. The summed E-state index contributed by atoms with van der Waals surface area (Å²) < 4.78 is 34.9. The lowest BCUT2D eigenvalue weighted by molar-refractivity contribution is -0.870. The molecule has 0 bridgehead atoms. The Morgan fingerprint density at radius 2 is 0.829 bits per heavy atom. The molecule has 0 aromatic carbocycles. The second-order valence-corrected chi connectivity index (χ2v) is 22.7. The summed E-state index contributed by atoms with van der Waals surface area (Å²) in [6, 6.07) is 0. The summed E-state index contributed by atoms with van der Waals surface area (Å²) in [6.45, 7) is 5.35. The number of allylic oxidation sites excluding steroid dienone is 8. The topological polar surface area (TPSA) is 94.1 Å². The predicted octanol–water partition coefficient (Wildman–Crippen LogP) is 18.4.